The number of nitrogens with zero attached hydrogens (tertiary/aromatic N) is 2. The lowest BCUT2D eigenvalue weighted by Crippen LogP contribution is -2.38. The van der Waals surface area contributed by atoms with Crippen molar-refractivity contribution in [2.24, 2.45) is 0 Å². The van der Waals surface area contributed by atoms with E-state index in [0.29, 0.717) is 55.2 Å². The molecule has 0 saturated carbocycles. The van der Waals surface area contributed by atoms with Crippen LogP contribution in [0.5, 0.6) is 11.5 Å². The Bertz CT molecular complexity index is 1770. The minimum absolute atomic E-state index is 0.0299. The van der Waals surface area contributed by atoms with Crippen LogP contribution in [0, 0.1) is 18.6 Å². The fourth-order valence-electron chi connectivity index (χ4n) is 5.20. The second kappa shape index (κ2) is 14.8. The summed E-state index contributed by atoms with van der Waals surface area (Å²) in [6.45, 7) is 3.00. The van der Waals surface area contributed by atoms with Crippen LogP contribution in [-0.4, -0.2) is 76.8 Å². The predicted molar refractivity (Wildman–Crippen MR) is 169 cm³/mol. The summed E-state index contributed by atoms with van der Waals surface area (Å²) >= 11 is 0. The van der Waals surface area contributed by atoms with Crippen molar-refractivity contribution in [1.82, 2.24) is 20.2 Å². The Morgan fingerprint density at radius 2 is 1.81 bits per heavy atom. The number of likely N-dealkylation sites (tertiary alicyclic amines) is 1. The summed E-state index contributed by atoms with van der Waals surface area (Å²) in [6.07, 6.45) is 3.36. The lowest BCUT2D eigenvalue weighted by atomic mass is 10.2. The smallest absolute Gasteiger partial charge is 0.323 e. The van der Waals surface area contributed by atoms with Crippen molar-refractivity contribution < 1.29 is 37.7 Å². The molecule has 2 atom stereocenters. The van der Waals surface area contributed by atoms with Crippen LogP contribution in [0.1, 0.15) is 28.8 Å². The van der Waals surface area contributed by atoms with E-state index in [-0.39, 0.29) is 29.0 Å². The first-order valence-electron chi connectivity index (χ1n) is 14.8. The molecule has 5 N–H and O–H groups in total. The van der Waals surface area contributed by atoms with Crippen LogP contribution in [0.4, 0.5) is 25.0 Å². The Morgan fingerprint density at radius 1 is 1.02 bits per heavy atom. The Labute approximate surface area is 269 Å². The maximum Gasteiger partial charge on any atom is 0.323 e. The molecule has 2 aromatic heterocycles. The van der Waals surface area contributed by atoms with Crippen molar-refractivity contribution in [2.75, 3.05) is 37.4 Å². The molecule has 47 heavy (non-hydrogen) atoms. The Hall–Kier alpha value is -5.34. The third-order valence-electron chi connectivity index (χ3n) is 7.51. The molecule has 0 bridgehead atoms. The van der Waals surface area contributed by atoms with Crippen LogP contribution in [0.2, 0.25) is 0 Å². The zero-order chi connectivity index (χ0) is 33.5. The standard InChI is InChI=1S/C33H34F2N6O6/c1-19-4-6-24(34)27(12-19)40-33(45)39-26-7-5-22(15-25(26)35)47-23-8-10-36-29(16-23)28-13-20(17-38-28)31(43)37-9-3-11-41-18-21(42)14-30(41)32(44)46-2/h4-8,10,12-13,15-17,21,30,38,42H,3,9,11,14,18H2,1-2H3,(H,37,43)(H2,39,40,45)/t21-,30+/m0/s1. The first-order valence-corrected chi connectivity index (χ1v) is 14.8. The number of β-amino-alcohol motifs (C(OH)–C–C–N with tert-alkyl or cyclic N) is 1. The van der Waals surface area contributed by atoms with Crippen LogP contribution in [-0.2, 0) is 9.53 Å². The van der Waals surface area contributed by atoms with E-state index in [1.807, 2.05) is 4.90 Å². The van der Waals surface area contributed by atoms with E-state index in [1.54, 1.807) is 37.4 Å². The molecular weight excluding hydrogens is 614 g/mol. The van der Waals surface area contributed by atoms with Gasteiger partial charge in [0.2, 0.25) is 0 Å². The molecule has 1 fully saturated rings. The van der Waals surface area contributed by atoms with Gasteiger partial charge in [0, 0.05) is 50.6 Å². The molecule has 0 spiro atoms. The number of methoxy groups -OCH3 is 1. The first-order chi connectivity index (χ1) is 22.6. The number of ether oxygens (including phenoxy) is 2. The van der Waals surface area contributed by atoms with Crippen molar-refractivity contribution in [2.45, 2.75) is 31.9 Å². The molecule has 12 nitrogen and oxygen atoms in total. The number of carbonyl (C=O) groups is 3. The van der Waals surface area contributed by atoms with Crippen molar-refractivity contribution in [3.8, 4) is 22.9 Å². The van der Waals surface area contributed by atoms with Gasteiger partial charge in [0.1, 0.15) is 29.2 Å². The summed E-state index contributed by atoms with van der Waals surface area (Å²) in [5, 5.41) is 17.5. The first kappa shape index (κ1) is 33.0. The van der Waals surface area contributed by atoms with Gasteiger partial charge in [-0.2, -0.15) is 0 Å². The van der Waals surface area contributed by atoms with Crippen LogP contribution in [0.25, 0.3) is 11.4 Å². The van der Waals surface area contributed by atoms with Gasteiger partial charge in [-0.3, -0.25) is 19.5 Å². The van der Waals surface area contributed by atoms with E-state index in [0.717, 1.165) is 11.6 Å². The zero-order valence-electron chi connectivity index (χ0n) is 25.7. The van der Waals surface area contributed by atoms with Crippen LogP contribution >= 0.6 is 0 Å². The van der Waals surface area contributed by atoms with E-state index in [4.69, 9.17) is 9.47 Å². The van der Waals surface area contributed by atoms with Crippen LogP contribution < -0.4 is 20.7 Å². The molecule has 5 rings (SSSR count). The topological polar surface area (TPSA) is 158 Å². The number of amides is 3. The number of esters is 1. The van der Waals surface area contributed by atoms with Crippen molar-refractivity contribution >= 4 is 29.3 Å². The Balaban J connectivity index is 1.13. The maximum atomic E-state index is 14.8. The fraction of sp³-hybridized carbons (Fsp3) is 0.273. The molecule has 1 aliphatic heterocycles. The lowest BCUT2D eigenvalue weighted by molar-refractivity contribution is -0.145. The average Bonchev–Trinajstić information content (AvgIpc) is 3.69. The van der Waals surface area contributed by atoms with Gasteiger partial charge >= 0.3 is 12.0 Å². The largest absolute Gasteiger partial charge is 0.468 e. The number of halogens is 2. The number of aromatic nitrogens is 2. The number of H-pyrrole nitrogens is 1. The second-order valence-corrected chi connectivity index (χ2v) is 11.0. The van der Waals surface area contributed by atoms with Crippen molar-refractivity contribution in [3.63, 3.8) is 0 Å². The summed E-state index contributed by atoms with van der Waals surface area (Å²) < 4.78 is 39.4. The summed E-state index contributed by atoms with van der Waals surface area (Å²) in [6, 6.07) is 11.7. The molecule has 1 aliphatic rings. The number of hydrogen-bond acceptors (Lipinski definition) is 8. The van der Waals surface area contributed by atoms with Gasteiger partial charge in [-0.15, -0.1) is 0 Å². The summed E-state index contributed by atoms with van der Waals surface area (Å²) in [4.78, 5) is 46.2. The molecule has 0 radical (unpaired) electrons. The molecule has 1 saturated heterocycles. The Morgan fingerprint density at radius 3 is 2.60 bits per heavy atom. The molecular formula is C33H34F2N6O6. The zero-order valence-corrected chi connectivity index (χ0v) is 25.7. The number of rotatable bonds is 11. The number of aryl methyl sites for hydroxylation is 1. The van der Waals surface area contributed by atoms with E-state index >= 15 is 0 Å². The normalized spacial score (nSPS) is 16.0. The van der Waals surface area contributed by atoms with Crippen molar-refractivity contribution in [3.05, 3.63) is 89.8 Å². The molecule has 14 heteroatoms. The summed E-state index contributed by atoms with van der Waals surface area (Å²) in [7, 11) is 1.32. The van der Waals surface area contributed by atoms with E-state index in [2.05, 4.69) is 25.9 Å². The number of aliphatic hydroxyl groups excluding tert-OH is 1. The third kappa shape index (κ3) is 8.48. The highest BCUT2D eigenvalue weighted by molar-refractivity contribution is 6.00. The highest BCUT2D eigenvalue weighted by atomic mass is 19.1. The highest BCUT2D eigenvalue weighted by Gasteiger charge is 2.36. The monoisotopic (exact) mass is 648 g/mol. The fourth-order valence-corrected chi connectivity index (χ4v) is 5.20. The van der Waals surface area contributed by atoms with E-state index < -0.39 is 29.8 Å². The van der Waals surface area contributed by atoms with Gasteiger partial charge < -0.3 is 35.5 Å². The lowest BCUT2D eigenvalue weighted by Gasteiger charge is -2.21. The van der Waals surface area contributed by atoms with E-state index in [9.17, 15) is 28.3 Å². The predicted octanol–water partition coefficient (Wildman–Crippen LogP) is 4.83. The van der Waals surface area contributed by atoms with Crippen LogP contribution in [0.3, 0.4) is 0 Å². The van der Waals surface area contributed by atoms with Crippen molar-refractivity contribution in [1.29, 1.82) is 0 Å². The minimum atomic E-state index is -0.809. The molecule has 3 amide bonds. The quantitative estimate of drug-likeness (QED) is 0.114. The molecule has 2 aromatic carbocycles. The number of pyridine rings is 1. The number of urea groups is 1. The number of aliphatic hydroxyl groups is 1. The molecule has 246 valence electrons. The molecule has 0 aliphatic carbocycles. The number of benzene rings is 2. The van der Waals surface area contributed by atoms with Gasteiger partial charge in [0.05, 0.1) is 41.5 Å². The number of hydrogen-bond donors (Lipinski definition) is 5. The van der Waals surface area contributed by atoms with E-state index in [1.165, 1.54) is 37.6 Å². The van der Waals surface area contributed by atoms with Gasteiger partial charge in [-0.25, -0.2) is 13.6 Å². The molecule has 4 aromatic rings. The average molecular weight is 649 g/mol. The van der Waals surface area contributed by atoms with Gasteiger partial charge in [0.25, 0.3) is 5.91 Å². The number of nitrogens with one attached hydrogen (secondary N) is 4. The van der Waals surface area contributed by atoms with Gasteiger partial charge in [-0.1, -0.05) is 6.07 Å². The number of aromatic amines is 1. The SMILES string of the molecule is COC(=O)[C@H]1C[C@H](O)CN1CCCNC(=O)c1c[nH]c(-c2cc(Oc3ccc(NC(=O)Nc4cc(C)ccc4F)c(F)c3)ccn2)c1. The number of anilines is 2. The second-order valence-electron chi connectivity index (χ2n) is 11.0. The van der Waals surface area contributed by atoms with Gasteiger partial charge in [0.15, 0.2) is 0 Å². The molecule has 3 heterocycles. The minimum Gasteiger partial charge on any atom is -0.468 e. The number of carbonyl (C=O) groups excluding carboxylic acids is 3. The Kier molecular flexibility index (Phi) is 10.4. The van der Waals surface area contributed by atoms with Crippen LogP contribution in [0.15, 0.2) is 67.0 Å². The third-order valence-corrected chi connectivity index (χ3v) is 7.51. The highest BCUT2D eigenvalue weighted by Crippen LogP contribution is 2.28. The summed E-state index contributed by atoms with van der Waals surface area (Å²) in [5.74, 6) is -1.56. The van der Waals surface area contributed by atoms with Gasteiger partial charge in [-0.05, 0) is 55.3 Å². The maximum absolute atomic E-state index is 14.8. The summed E-state index contributed by atoms with van der Waals surface area (Å²) in [5.41, 5.74) is 2.00. The molecule has 0 unspecified atom stereocenters.